The zero-order chi connectivity index (χ0) is 10.0. The molecule has 7 heteroatoms. The first-order valence-electron chi connectivity index (χ1n) is 3.04. The molecule has 6 nitrogen and oxygen atoms in total. The lowest BCUT2D eigenvalue weighted by Crippen LogP contribution is -2.17. The van der Waals surface area contributed by atoms with Crippen LogP contribution in [0.1, 0.15) is 0 Å². The lowest BCUT2D eigenvalue weighted by atomic mass is 10.6. The van der Waals surface area contributed by atoms with Gasteiger partial charge < -0.3 is 10.4 Å². The van der Waals surface area contributed by atoms with Crippen molar-refractivity contribution < 1.29 is 22.6 Å². The van der Waals surface area contributed by atoms with Crippen molar-refractivity contribution in [2.45, 2.75) is 0 Å². The summed E-state index contributed by atoms with van der Waals surface area (Å²) in [5, 5.41) is 11.1. The minimum absolute atomic E-state index is 0.202. The summed E-state index contributed by atoms with van der Waals surface area (Å²) >= 11 is 0. The summed E-state index contributed by atoms with van der Waals surface area (Å²) < 4.78 is 31.6. The Labute approximate surface area is 71.5 Å². The van der Waals surface area contributed by atoms with Gasteiger partial charge in [0.05, 0.1) is 6.61 Å². The monoisotopic (exact) mass is 199 g/mol. The lowest BCUT2D eigenvalue weighted by molar-refractivity contribution is 0.294. The fourth-order valence-electron chi connectivity index (χ4n) is 0.283. The molecule has 0 aromatic carbocycles. The van der Waals surface area contributed by atoms with Gasteiger partial charge >= 0.3 is 10.4 Å². The smallest absolute Gasteiger partial charge is 0.394 e. The second kappa shape index (κ2) is 8.62. The van der Waals surface area contributed by atoms with E-state index in [4.69, 9.17) is 22.6 Å². The van der Waals surface area contributed by atoms with Crippen molar-refractivity contribution in [3.05, 3.63) is 12.7 Å². The van der Waals surface area contributed by atoms with Gasteiger partial charge in [-0.1, -0.05) is 6.08 Å². The van der Waals surface area contributed by atoms with Crippen LogP contribution in [0.4, 0.5) is 0 Å². The summed E-state index contributed by atoms with van der Waals surface area (Å²) in [4.78, 5) is 0. The predicted molar refractivity (Wildman–Crippen MR) is 44.3 cm³/mol. The Morgan fingerprint density at radius 2 is 1.83 bits per heavy atom. The van der Waals surface area contributed by atoms with E-state index in [1.54, 1.807) is 6.08 Å². The third-order valence-electron chi connectivity index (χ3n) is 0.577. The number of aliphatic hydroxyl groups is 1. The van der Waals surface area contributed by atoms with Crippen LogP contribution in [0.15, 0.2) is 12.7 Å². The van der Waals surface area contributed by atoms with Crippen LogP contribution in [0.2, 0.25) is 0 Å². The molecule has 0 aromatic rings. The second-order valence-electron chi connectivity index (χ2n) is 1.66. The minimum Gasteiger partial charge on any atom is -0.395 e. The normalized spacial score (nSPS) is 9.92. The van der Waals surface area contributed by atoms with Crippen molar-refractivity contribution in [2.75, 3.05) is 19.7 Å². The topological polar surface area (TPSA) is 107 Å². The first kappa shape index (κ1) is 14.1. The zero-order valence-electron chi connectivity index (χ0n) is 6.47. The van der Waals surface area contributed by atoms with E-state index in [1.165, 1.54) is 0 Å². The molecule has 0 atom stereocenters. The molecule has 0 radical (unpaired) electrons. The van der Waals surface area contributed by atoms with Gasteiger partial charge in [0.1, 0.15) is 0 Å². The number of hydrogen-bond acceptors (Lipinski definition) is 4. The van der Waals surface area contributed by atoms with E-state index >= 15 is 0 Å². The first-order valence-corrected chi connectivity index (χ1v) is 4.44. The Morgan fingerprint density at radius 1 is 1.42 bits per heavy atom. The maximum absolute atomic E-state index is 8.74. The summed E-state index contributed by atoms with van der Waals surface area (Å²) in [5.41, 5.74) is 0. The Kier molecular flexibility index (Phi) is 10.1. The average Bonchev–Trinajstić information content (AvgIpc) is 1.85. The highest BCUT2D eigenvalue weighted by Crippen LogP contribution is 1.59. The Bertz CT molecular complexity index is 180. The van der Waals surface area contributed by atoms with Gasteiger partial charge in [0.2, 0.25) is 0 Å². The fourth-order valence-corrected chi connectivity index (χ4v) is 0.283. The van der Waals surface area contributed by atoms with Crippen LogP contribution in [0.5, 0.6) is 0 Å². The van der Waals surface area contributed by atoms with Crippen molar-refractivity contribution in [3.8, 4) is 0 Å². The van der Waals surface area contributed by atoms with E-state index in [0.717, 1.165) is 6.54 Å². The highest BCUT2D eigenvalue weighted by molar-refractivity contribution is 7.79. The predicted octanol–water partition coefficient (Wildman–Crippen LogP) is -0.898. The van der Waals surface area contributed by atoms with E-state index in [9.17, 15) is 0 Å². The molecule has 0 aliphatic rings. The van der Waals surface area contributed by atoms with Crippen molar-refractivity contribution in [3.63, 3.8) is 0 Å². The zero-order valence-corrected chi connectivity index (χ0v) is 7.29. The molecule has 0 bridgehead atoms. The molecule has 4 N–H and O–H groups in total. The molecule has 0 amide bonds. The van der Waals surface area contributed by atoms with Gasteiger partial charge in [0, 0.05) is 13.1 Å². The molecule has 0 fully saturated rings. The largest absolute Gasteiger partial charge is 0.395 e. The highest BCUT2D eigenvalue weighted by atomic mass is 32.3. The standard InChI is InChI=1S/C5H11NO.H2O4S/c1-2-3-6-4-5-7;1-5(2,3)4/h2,6-7H,1,3-5H2;(H2,1,2,3,4). The SMILES string of the molecule is C=CCNCCO.O=S(=O)(O)O. The van der Waals surface area contributed by atoms with Crippen LogP contribution in [0, 0.1) is 0 Å². The summed E-state index contributed by atoms with van der Waals surface area (Å²) in [7, 11) is -4.67. The van der Waals surface area contributed by atoms with Crippen molar-refractivity contribution in [1.29, 1.82) is 0 Å². The van der Waals surface area contributed by atoms with E-state index < -0.39 is 10.4 Å². The third-order valence-corrected chi connectivity index (χ3v) is 0.577. The number of hydrogen-bond donors (Lipinski definition) is 4. The van der Waals surface area contributed by atoms with Crippen LogP contribution in [0.25, 0.3) is 0 Å². The van der Waals surface area contributed by atoms with E-state index in [-0.39, 0.29) is 6.61 Å². The molecule has 0 heterocycles. The maximum Gasteiger partial charge on any atom is 0.394 e. The van der Waals surface area contributed by atoms with Crippen molar-refractivity contribution >= 4 is 10.4 Å². The molecule has 12 heavy (non-hydrogen) atoms. The van der Waals surface area contributed by atoms with Gasteiger partial charge in [0.15, 0.2) is 0 Å². The Morgan fingerprint density at radius 3 is 2.08 bits per heavy atom. The van der Waals surface area contributed by atoms with Gasteiger partial charge in [-0.2, -0.15) is 8.42 Å². The van der Waals surface area contributed by atoms with Gasteiger partial charge in [-0.3, -0.25) is 9.11 Å². The molecular weight excluding hydrogens is 186 g/mol. The quantitative estimate of drug-likeness (QED) is 0.265. The summed E-state index contributed by atoms with van der Waals surface area (Å²) in [6, 6.07) is 0. The van der Waals surface area contributed by atoms with E-state index in [2.05, 4.69) is 11.9 Å². The molecule has 0 aliphatic heterocycles. The molecule has 0 spiro atoms. The molecule has 0 saturated carbocycles. The van der Waals surface area contributed by atoms with Gasteiger partial charge in [0.25, 0.3) is 0 Å². The van der Waals surface area contributed by atoms with Crippen LogP contribution in [-0.4, -0.2) is 42.3 Å². The lowest BCUT2D eigenvalue weighted by Gasteiger charge is -1.92. The van der Waals surface area contributed by atoms with Gasteiger partial charge in [-0.05, 0) is 0 Å². The first-order chi connectivity index (χ1) is 5.41. The molecule has 0 unspecified atom stereocenters. The van der Waals surface area contributed by atoms with Crippen LogP contribution >= 0.6 is 0 Å². The minimum atomic E-state index is -4.67. The second-order valence-corrected chi connectivity index (χ2v) is 2.56. The molecule has 74 valence electrons. The number of nitrogens with one attached hydrogen (secondary N) is 1. The highest BCUT2D eigenvalue weighted by Gasteiger charge is 1.84. The molecule has 0 aromatic heterocycles. The maximum atomic E-state index is 8.74. The summed E-state index contributed by atoms with van der Waals surface area (Å²) in [6.45, 7) is 5.13. The van der Waals surface area contributed by atoms with Crippen LogP contribution < -0.4 is 5.32 Å². The molecular formula is C5H13NO5S. The Balaban J connectivity index is 0. The fraction of sp³-hybridized carbons (Fsp3) is 0.600. The van der Waals surface area contributed by atoms with Gasteiger partial charge in [-0.15, -0.1) is 6.58 Å². The number of aliphatic hydroxyl groups excluding tert-OH is 1. The molecule has 0 rings (SSSR count). The van der Waals surface area contributed by atoms with E-state index in [0.29, 0.717) is 6.54 Å². The van der Waals surface area contributed by atoms with Crippen LogP contribution in [0.3, 0.4) is 0 Å². The van der Waals surface area contributed by atoms with Crippen molar-refractivity contribution in [2.24, 2.45) is 0 Å². The molecule has 0 saturated heterocycles. The van der Waals surface area contributed by atoms with Crippen molar-refractivity contribution in [1.82, 2.24) is 5.32 Å². The third kappa shape index (κ3) is 55.6. The van der Waals surface area contributed by atoms with Crippen LogP contribution in [-0.2, 0) is 10.4 Å². The average molecular weight is 199 g/mol. The van der Waals surface area contributed by atoms with E-state index in [1.807, 2.05) is 0 Å². The molecule has 0 aliphatic carbocycles. The van der Waals surface area contributed by atoms with Gasteiger partial charge in [-0.25, -0.2) is 0 Å². The Hall–Kier alpha value is -0.470. The summed E-state index contributed by atoms with van der Waals surface area (Å²) in [6.07, 6.45) is 1.76. The number of rotatable bonds is 4. The summed E-state index contributed by atoms with van der Waals surface area (Å²) in [5.74, 6) is 0.